The average molecular weight is 413 g/mol. The number of alkyl halides is 3. The number of hydrogen-bond donors (Lipinski definition) is 2. The fraction of sp³-hybridized carbons (Fsp3) is 0.556. The average Bonchev–Trinajstić information content (AvgIpc) is 3.37. The van der Waals surface area contributed by atoms with E-state index in [4.69, 9.17) is 9.15 Å². The van der Waals surface area contributed by atoms with Gasteiger partial charge >= 0.3 is 6.18 Å². The molecule has 0 saturated carbocycles. The number of aromatic nitrogens is 2. The monoisotopic (exact) mass is 413 g/mol. The van der Waals surface area contributed by atoms with E-state index in [2.05, 4.69) is 20.6 Å². The van der Waals surface area contributed by atoms with Crippen LogP contribution in [0.3, 0.4) is 0 Å². The lowest BCUT2D eigenvalue weighted by Crippen LogP contribution is -2.41. The molecule has 0 radical (unpaired) electrons. The van der Waals surface area contributed by atoms with Gasteiger partial charge in [0.1, 0.15) is 17.1 Å². The van der Waals surface area contributed by atoms with Gasteiger partial charge in [0.15, 0.2) is 6.04 Å². The molecular formula is C18H22F3N5O3. The van der Waals surface area contributed by atoms with Crippen LogP contribution in [0.4, 0.5) is 19.0 Å². The summed E-state index contributed by atoms with van der Waals surface area (Å²) >= 11 is 0. The smallest absolute Gasteiger partial charge is 0.410 e. The van der Waals surface area contributed by atoms with Crippen LogP contribution in [0.1, 0.15) is 34.6 Å². The molecule has 29 heavy (non-hydrogen) atoms. The number of nitrogens with one attached hydrogen (secondary N) is 2. The summed E-state index contributed by atoms with van der Waals surface area (Å²) in [5.41, 5.74) is 0.0810. The predicted octanol–water partition coefficient (Wildman–Crippen LogP) is 2.20. The van der Waals surface area contributed by atoms with Crippen LogP contribution in [-0.2, 0) is 4.74 Å². The zero-order chi connectivity index (χ0) is 20.4. The first-order chi connectivity index (χ1) is 13.9. The third-order valence-corrected chi connectivity index (χ3v) is 5.19. The SMILES string of the molecule is O=C(NCCN1CCOCC1)c1cnn2c1N[C@H](c1ccco1)C[C@@H]2C(F)(F)F. The van der Waals surface area contributed by atoms with E-state index in [0.717, 1.165) is 17.8 Å². The second kappa shape index (κ2) is 8.07. The molecule has 2 aromatic heterocycles. The highest BCUT2D eigenvalue weighted by atomic mass is 19.4. The summed E-state index contributed by atoms with van der Waals surface area (Å²) in [4.78, 5) is 14.8. The van der Waals surface area contributed by atoms with E-state index >= 15 is 0 Å². The molecule has 4 rings (SSSR count). The molecule has 2 atom stereocenters. The number of fused-ring (bicyclic) bond motifs is 1. The summed E-state index contributed by atoms with van der Waals surface area (Å²) in [5, 5.41) is 9.61. The fourth-order valence-electron chi connectivity index (χ4n) is 3.65. The van der Waals surface area contributed by atoms with Crippen LogP contribution >= 0.6 is 0 Å². The van der Waals surface area contributed by atoms with Gasteiger partial charge in [-0.3, -0.25) is 9.69 Å². The molecule has 2 aliphatic rings. The van der Waals surface area contributed by atoms with E-state index in [-0.39, 0.29) is 17.8 Å². The molecule has 8 nitrogen and oxygen atoms in total. The van der Waals surface area contributed by atoms with Crippen molar-refractivity contribution in [2.75, 3.05) is 44.7 Å². The van der Waals surface area contributed by atoms with Gasteiger partial charge in [0.05, 0.1) is 31.7 Å². The van der Waals surface area contributed by atoms with Gasteiger partial charge in [-0.1, -0.05) is 0 Å². The molecule has 1 amide bonds. The van der Waals surface area contributed by atoms with E-state index in [0.29, 0.717) is 32.1 Å². The Balaban J connectivity index is 1.49. The number of furan rings is 1. The summed E-state index contributed by atoms with van der Waals surface area (Å²) in [7, 11) is 0. The Bertz CT molecular complexity index is 830. The van der Waals surface area contributed by atoms with Crippen molar-refractivity contribution >= 4 is 11.7 Å². The number of rotatable bonds is 5. The second-order valence-corrected chi connectivity index (χ2v) is 7.07. The lowest BCUT2D eigenvalue weighted by atomic mass is 10.0. The third-order valence-electron chi connectivity index (χ3n) is 5.19. The number of anilines is 1. The van der Waals surface area contributed by atoms with Gasteiger partial charge in [-0.25, -0.2) is 4.68 Å². The summed E-state index contributed by atoms with van der Waals surface area (Å²) in [6, 6.07) is 0.675. The van der Waals surface area contributed by atoms with Crippen molar-refractivity contribution in [3.63, 3.8) is 0 Å². The van der Waals surface area contributed by atoms with E-state index in [1.807, 2.05) is 0 Å². The first-order valence-corrected chi connectivity index (χ1v) is 9.46. The van der Waals surface area contributed by atoms with Gasteiger partial charge in [-0.2, -0.15) is 18.3 Å². The minimum Gasteiger partial charge on any atom is -0.467 e. The van der Waals surface area contributed by atoms with Gasteiger partial charge in [-0.15, -0.1) is 0 Å². The zero-order valence-electron chi connectivity index (χ0n) is 15.6. The molecule has 11 heteroatoms. The van der Waals surface area contributed by atoms with Crippen molar-refractivity contribution in [1.29, 1.82) is 0 Å². The molecule has 0 bridgehead atoms. The first kappa shape index (κ1) is 19.8. The maximum absolute atomic E-state index is 13.6. The number of nitrogens with zero attached hydrogens (tertiary/aromatic N) is 3. The van der Waals surface area contributed by atoms with Crippen molar-refractivity contribution in [3.8, 4) is 0 Å². The highest BCUT2D eigenvalue weighted by Crippen LogP contribution is 2.44. The minimum atomic E-state index is -4.50. The van der Waals surface area contributed by atoms with Crippen molar-refractivity contribution in [2.24, 2.45) is 0 Å². The van der Waals surface area contributed by atoms with Crippen LogP contribution in [0.15, 0.2) is 29.0 Å². The highest BCUT2D eigenvalue weighted by molar-refractivity contribution is 5.98. The summed E-state index contributed by atoms with van der Waals surface area (Å²) in [5.74, 6) is -0.0396. The first-order valence-electron chi connectivity index (χ1n) is 9.46. The molecule has 158 valence electrons. The maximum Gasteiger partial charge on any atom is 0.410 e. The van der Waals surface area contributed by atoms with Gasteiger partial charge < -0.3 is 19.8 Å². The lowest BCUT2D eigenvalue weighted by molar-refractivity contribution is -0.174. The highest BCUT2D eigenvalue weighted by Gasteiger charge is 2.47. The molecule has 0 aliphatic carbocycles. The van der Waals surface area contributed by atoms with Crippen molar-refractivity contribution < 1.29 is 27.1 Å². The molecule has 4 heterocycles. The summed E-state index contributed by atoms with van der Waals surface area (Å²) in [6.45, 7) is 3.92. The Morgan fingerprint density at radius 2 is 2.14 bits per heavy atom. The minimum absolute atomic E-state index is 0.0452. The van der Waals surface area contributed by atoms with Crippen LogP contribution in [0, 0.1) is 0 Å². The van der Waals surface area contributed by atoms with Crippen LogP contribution < -0.4 is 10.6 Å². The number of hydrogen-bond acceptors (Lipinski definition) is 6. The topological polar surface area (TPSA) is 84.6 Å². The van der Waals surface area contributed by atoms with Gasteiger partial charge in [0.25, 0.3) is 5.91 Å². The molecule has 0 aromatic carbocycles. The van der Waals surface area contributed by atoms with Crippen molar-refractivity contribution in [1.82, 2.24) is 20.0 Å². The molecule has 2 aromatic rings. The number of morpholine rings is 1. The van der Waals surface area contributed by atoms with Gasteiger partial charge in [-0.05, 0) is 12.1 Å². The Morgan fingerprint density at radius 3 is 2.83 bits per heavy atom. The lowest BCUT2D eigenvalue weighted by Gasteiger charge is -2.32. The van der Waals surface area contributed by atoms with Crippen molar-refractivity contribution in [3.05, 3.63) is 35.9 Å². The number of carbonyl (C=O) groups excluding carboxylic acids is 1. The Hall–Kier alpha value is -2.53. The number of halogens is 3. The molecule has 2 aliphatic heterocycles. The van der Waals surface area contributed by atoms with E-state index in [1.54, 1.807) is 12.1 Å². The third kappa shape index (κ3) is 4.25. The largest absolute Gasteiger partial charge is 0.467 e. The quantitative estimate of drug-likeness (QED) is 0.782. The van der Waals surface area contributed by atoms with Crippen LogP contribution in [-0.4, -0.2) is 66.2 Å². The molecular weight excluding hydrogens is 391 g/mol. The fourth-order valence-corrected chi connectivity index (χ4v) is 3.65. The van der Waals surface area contributed by atoms with Gasteiger partial charge in [0.2, 0.25) is 0 Å². The number of amides is 1. The Kier molecular flexibility index (Phi) is 5.50. The van der Waals surface area contributed by atoms with E-state index < -0.39 is 24.2 Å². The summed E-state index contributed by atoms with van der Waals surface area (Å²) in [6.07, 6.45) is -2.19. The molecule has 1 fully saturated rings. The molecule has 0 spiro atoms. The summed E-state index contributed by atoms with van der Waals surface area (Å²) < 4.78 is 52.3. The van der Waals surface area contributed by atoms with Crippen LogP contribution in [0.5, 0.6) is 0 Å². The Morgan fingerprint density at radius 1 is 1.34 bits per heavy atom. The molecule has 0 unspecified atom stereocenters. The number of ether oxygens (including phenoxy) is 1. The number of carbonyl (C=O) groups is 1. The zero-order valence-corrected chi connectivity index (χ0v) is 15.6. The molecule has 2 N–H and O–H groups in total. The van der Waals surface area contributed by atoms with E-state index in [1.165, 1.54) is 12.5 Å². The maximum atomic E-state index is 13.6. The Labute approximate surface area is 165 Å². The predicted molar refractivity (Wildman–Crippen MR) is 96.6 cm³/mol. The standard InChI is InChI=1S/C18H22F3N5O3/c19-18(20,21)15-10-13(14-2-1-7-29-14)24-16-12(11-23-26(15)16)17(27)22-3-4-25-5-8-28-9-6-25/h1-2,7,11,13,15,24H,3-6,8-10H2,(H,22,27)/t13-,15+/m0/s1. The van der Waals surface area contributed by atoms with Crippen LogP contribution in [0.25, 0.3) is 0 Å². The molecule has 1 saturated heterocycles. The normalized spacial score (nSPS) is 22.7. The van der Waals surface area contributed by atoms with Gasteiger partial charge in [0, 0.05) is 32.6 Å². The van der Waals surface area contributed by atoms with Crippen LogP contribution in [0.2, 0.25) is 0 Å². The van der Waals surface area contributed by atoms with Crippen molar-refractivity contribution in [2.45, 2.75) is 24.7 Å². The second-order valence-electron chi connectivity index (χ2n) is 7.07. The van der Waals surface area contributed by atoms with E-state index in [9.17, 15) is 18.0 Å².